The smallest absolute Gasteiger partial charge is 0.200 e. The highest BCUT2D eigenvalue weighted by atomic mass is 28.3. The second-order valence-corrected chi connectivity index (χ2v) is 14.1. The van der Waals surface area contributed by atoms with Crippen molar-refractivity contribution in [3.63, 3.8) is 0 Å². The largest absolute Gasteiger partial charge is 0.491 e. The lowest BCUT2D eigenvalue weighted by Gasteiger charge is -2.29. The number of hydrogen-bond acceptors (Lipinski definition) is 1. The van der Waals surface area contributed by atoms with Gasteiger partial charge in [-0.2, -0.15) is 4.39 Å². The highest BCUT2D eigenvalue weighted by molar-refractivity contribution is 6.59. The SMILES string of the molecule is CCCCC[C@H]1CC[C@H](CCCC[Si@H]2CC[C@H](c3ccc(OCC)c(F)c3F)CC2)CC1. The van der Waals surface area contributed by atoms with Crippen LogP contribution in [0.4, 0.5) is 8.78 Å². The number of benzene rings is 1. The minimum Gasteiger partial charge on any atom is -0.491 e. The van der Waals surface area contributed by atoms with Crippen LogP contribution in [0.25, 0.3) is 0 Å². The van der Waals surface area contributed by atoms with Gasteiger partial charge in [0.1, 0.15) is 0 Å². The molecule has 1 heterocycles. The number of hydrogen-bond donors (Lipinski definition) is 0. The van der Waals surface area contributed by atoms with E-state index in [1.807, 2.05) is 0 Å². The van der Waals surface area contributed by atoms with Crippen molar-refractivity contribution in [2.75, 3.05) is 6.61 Å². The highest BCUT2D eigenvalue weighted by Gasteiger charge is 2.27. The topological polar surface area (TPSA) is 9.23 Å². The number of unbranched alkanes of at least 4 members (excludes halogenated alkanes) is 3. The fourth-order valence-corrected chi connectivity index (χ4v) is 9.73. The second kappa shape index (κ2) is 13.7. The van der Waals surface area contributed by atoms with Gasteiger partial charge in [-0.05, 0) is 49.1 Å². The first-order valence-electron chi connectivity index (χ1n) is 13.7. The fourth-order valence-electron chi connectivity index (χ4n) is 6.25. The highest BCUT2D eigenvalue weighted by Crippen LogP contribution is 2.39. The van der Waals surface area contributed by atoms with Gasteiger partial charge in [-0.15, -0.1) is 0 Å². The van der Waals surface area contributed by atoms with Crippen LogP contribution in [0.15, 0.2) is 12.1 Å². The Bertz CT molecular complexity index is 664. The maximum atomic E-state index is 14.6. The average Bonchev–Trinajstić information content (AvgIpc) is 2.82. The van der Waals surface area contributed by atoms with Gasteiger partial charge in [-0.25, -0.2) is 4.39 Å². The lowest BCUT2D eigenvalue weighted by molar-refractivity contribution is 0.245. The van der Waals surface area contributed by atoms with Crippen molar-refractivity contribution in [3.8, 4) is 5.75 Å². The van der Waals surface area contributed by atoms with Crippen LogP contribution in [0.5, 0.6) is 5.75 Å². The van der Waals surface area contributed by atoms with Gasteiger partial charge in [0.05, 0.1) is 6.61 Å². The molecule has 2 aliphatic rings. The van der Waals surface area contributed by atoms with Crippen LogP contribution in [-0.4, -0.2) is 15.4 Å². The predicted molar refractivity (Wildman–Crippen MR) is 135 cm³/mol. The molecule has 1 saturated carbocycles. The summed E-state index contributed by atoms with van der Waals surface area (Å²) in [6.07, 6.45) is 17.9. The van der Waals surface area contributed by atoms with Gasteiger partial charge < -0.3 is 4.74 Å². The molecule has 4 heteroatoms. The Balaban J connectivity index is 1.30. The van der Waals surface area contributed by atoms with Crippen molar-refractivity contribution in [1.29, 1.82) is 0 Å². The van der Waals surface area contributed by atoms with Gasteiger partial charge in [-0.1, -0.05) is 102 Å². The summed E-state index contributed by atoms with van der Waals surface area (Å²) in [7, 11) is -0.679. The van der Waals surface area contributed by atoms with Crippen LogP contribution >= 0.6 is 0 Å². The molecule has 0 radical (unpaired) electrons. The molecule has 3 rings (SSSR count). The van der Waals surface area contributed by atoms with Crippen LogP contribution in [0.1, 0.15) is 109 Å². The van der Waals surface area contributed by atoms with Crippen molar-refractivity contribution in [2.45, 2.75) is 121 Å². The maximum Gasteiger partial charge on any atom is 0.200 e. The zero-order valence-electron chi connectivity index (χ0n) is 20.6. The Labute approximate surface area is 197 Å². The minimum atomic E-state index is -0.807. The fraction of sp³-hybridized carbons (Fsp3) is 0.786. The third-order valence-electron chi connectivity index (χ3n) is 8.32. The Morgan fingerprint density at radius 1 is 0.812 bits per heavy atom. The lowest BCUT2D eigenvalue weighted by Crippen LogP contribution is -2.21. The Morgan fingerprint density at radius 3 is 2.03 bits per heavy atom. The molecule has 0 N–H and O–H groups in total. The van der Waals surface area contributed by atoms with E-state index in [1.165, 1.54) is 88.8 Å². The lowest BCUT2D eigenvalue weighted by atomic mass is 9.78. The molecule has 182 valence electrons. The van der Waals surface area contributed by atoms with Crippen molar-refractivity contribution < 1.29 is 13.5 Å². The zero-order chi connectivity index (χ0) is 22.8. The van der Waals surface area contributed by atoms with Crippen molar-refractivity contribution in [2.24, 2.45) is 11.8 Å². The second-order valence-electron chi connectivity index (χ2n) is 10.6. The molecule has 1 aromatic rings. The first kappa shape index (κ1) is 25.7. The zero-order valence-corrected chi connectivity index (χ0v) is 21.8. The van der Waals surface area contributed by atoms with Crippen LogP contribution in [-0.2, 0) is 0 Å². The molecule has 1 aliphatic heterocycles. The van der Waals surface area contributed by atoms with E-state index in [2.05, 4.69) is 6.92 Å². The van der Waals surface area contributed by atoms with Crippen LogP contribution in [0, 0.1) is 23.5 Å². The first-order valence-corrected chi connectivity index (χ1v) is 16.2. The van der Waals surface area contributed by atoms with Crippen LogP contribution in [0.2, 0.25) is 18.1 Å². The quantitative estimate of drug-likeness (QED) is 0.221. The van der Waals surface area contributed by atoms with E-state index in [-0.39, 0.29) is 11.7 Å². The number of ether oxygens (including phenoxy) is 1. The Morgan fingerprint density at radius 2 is 1.44 bits per heavy atom. The summed E-state index contributed by atoms with van der Waals surface area (Å²) in [6.45, 7) is 4.44. The summed E-state index contributed by atoms with van der Waals surface area (Å²) in [4.78, 5) is 0. The molecule has 0 bridgehead atoms. The number of halogens is 2. The van der Waals surface area contributed by atoms with E-state index in [0.29, 0.717) is 12.2 Å². The normalized spacial score (nSPS) is 26.2. The molecule has 0 atom stereocenters. The summed E-state index contributed by atoms with van der Waals surface area (Å²) < 4.78 is 34.0. The van der Waals surface area contributed by atoms with E-state index in [4.69, 9.17) is 4.74 Å². The molecule has 2 fully saturated rings. The van der Waals surface area contributed by atoms with Crippen LogP contribution < -0.4 is 4.74 Å². The summed E-state index contributed by atoms with van der Waals surface area (Å²) in [5.41, 5.74) is 0.573. The summed E-state index contributed by atoms with van der Waals surface area (Å²) in [6, 6.07) is 7.41. The van der Waals surface area contributed by atoms with Gasteiger partial charge in [-0.3, -0.25) is 0 Å². The first-order chi connectivity index (χ1) is 15.6. The van der Waals surface area contributed by atoms with Gasteiger partial charge in [0.15, 0.2) is 11.6 Å². The third-order valence-corrected chi connectivity index (χ3v) is 11.8. The molecule has 0 unspecified atom stereocenters. The van der Waals surface area contributed by atoms with E-state index in [0.717, 1.165) is 24.7 Å². The molecular formula is C28H46F2OSi. The summed E-state index contributed by atoms with van der Waals surface area (Å²) >= 11 is 0. The standard InChI is InChI=1S/C28H46F2OSi/c1-3-5-6-9-22-11-13-23(14-12-22)10-7-8-19-32-20-17-24(18-21-32)25-15-16-26(31-4-2)28(30)27(25)29/h15-16,22-24,32H,3-14,17-21H2,1-2H3/t22-,23-,24-,32-. The van der Waals surface area contributed by atoms with E-state index < -0.39 is 20.4 Å². The van der Waals surface area contributed by atoms with Crippen molar-refractivity contribution in [3.05, 3.63) is 29.3 Å². The molecule has 1 saturated heterocycles. The average molecular weight is 465 g/mol. The molecule has 32 heavy (non-hydrogen) atoms. The molecular weight excluding hydrogens is 418 g/mol. The minimum absolute atomic E-state index is 0.0433. The third kappa shape index (κ3) is 7.57. The van der Waals surface area contributed by atoms with Gasteiger partial charge in [0, 0.05) is 8.80 Å². The summed E-state index contributed by atoms with van der Waals surface area (Å²) in [5.74, 6) is 0.763. The maximum absolute atomic E-state index is 14.6. The summed E-state index contributed by atoms with van der Waals surface area (Å²) in [5, 5.41) is 0. The van der Waals surface area contributed by atoms with Gasteiger partial charge in [0.25, 0.3) is 0 Å². The Hall–Kier alpha value is -0.903. The Kier molecular flexibility index (Phi) is 11.0. The monoisotopic (exact) mass is 464 g/mol. The van der Waals surface area contributed by atoms with E-state index in [9.17, 15) is 8.78 Å². The van der Waals surface area contributed by atoms with Crippen LogP contribution in [0.3, 0.4) is 0 Å². The van der Waals surface area contributed by atoms with Crippen molar-refractivity contribution >= 4 is 8.80 Å². The van der Waals surface area contributed by atoms with Gasteiger partial charge >= 0.3 is 0 Å². The molecule has 1 aromatic carbocycles. The van der Waals surface area contributed by atoms with Gasteiger partial charge in [0.2, 0.25) is 5.82 Å². The predicted octanol–water partition coefficient (Wildman–Crippen LogP) is 9.03. The van der Waals surface area contributed by atoms with Crippen molar-refractivity contribution in [1.82, 2.24) is 0 Å². The molecule has 0 aromatic heterocycles. The molecule has 0 amide bonds. The molecule has 1 aliphatic carbocycles. The van der Waals surface area contributed by atoms with E-state index in [1.54, 1.807) is 19.1 Å². The van der Waals surface area contributed by atoms with E-state index >= 15 is 0 Å². The number of rotatable bonds is 12. The molecule has 1 nitrogen and oxygen atoms in total. The molecule has 0 spiro atoms.